The van der Waals surface area contributed by atoms with Crippen LogP contribution in [0.15, 0.2) is 22.7 Å². The number of amides is 1. The second-order valence-corrected chi connectivity index (χ2v) is 6.19. The van der Waals surface area contributed by atoms with Gasteiger partial charge in [0.15, 0.2) is 6.61 Å². The van der Waals surface area contributed by atoms with Crippen molar-refractivity contribution in [1.82, 2.24) is 10.2 Å². The molecule has 106 valence electrons. The van der Waals surface area contributed by atoms with Crippen molar-refractivity contribution in [1.29, 1.82) is 0 Å². The summed E-state index contributed by atoms with van der Waals surface area (Å²) in [5, 5.41) is 3.22. The molecule has 0 radical (unpaired) electrons. The van der Waals surface area contributed by atoms with Crippen LogP contribution in [0, 0.1) is 3.57 Å². The molecule has 19 heavy (non-hydrogen) atoms. The van der Waals surface area contributed by atoms with Crippen molar-refractivity contribution in [2.45, 2.75) is 0 Å². The average Bonchev–Trinajstić information content (AvgIpc) is 2.36. The number of carbonyl (C=O) groups is 1. The first-order chi connectivity index (χ1) is 8.65. The van der Waals surface area contributed by atoms with Gasteiger partial charge in [-0.15, -0.1) is 12.4 Å². The summed E-state index contributed by atoms with van der Waals surface area (Å²) in [6.07, 6.45) is 0. The molecule has 0 saturated carbocycles. The molecule has 0 bridgehead atoms. The first kappa shape index (κ1) is 17.0. The number of hydrogen-bond donors (Lipinski definition) is 1. The molecule has 0 unspecified atom stereocenters. The Kier molecular flexibility index (Phi) is 7.41. The Bertz CT molecular complexity index is 421. The van der Waals surface area contributed by atoms with Gasteiger partial charge in [0.1, 0.15) is 5.75 Å². The third-order valence-electron chi connectivity index (χ3n) is 2.67. The van der Waals surface area contributed by atoms with Gasteiger partial charge in [0.25, 0.3) is 5.91 Å². The zero-order valence-corrected chi connectivity index (χ0v) is 14.8. The van der Waals surface area contributed by atoms with Gasteiger partial charge in [-0.1, -0.05) is 15.9 Å². The van der Waals surface area contributed by atoms with E-state index in [1.54, 1.807) is 0 Å². The lowest BCUT2D eigenvalue weighted by molar-refractivity contribution is -0.133. The summed E-state index contributed by atoms with van der Waals surface area (Å²) < 4.78 is 7.57. The van der Waals surface area contributed by atoms with E-state index < -0.39 is 0 Å². The van der Waals surface area contributed by atoms with E-state index in [1.165, 1.54) is 0 Å². The van der Waals surface area contributed by atoms with E-state index in [0.29, 0.717) is 0 Å². The van der Waals surface area contributed by atoms with Crippen LogP contribution in [0.2, 0.25) is 0 Å². The van der Waals surface area contributed by atoms with Gasteiger partial charge in [-0.3, -0.25) is 4.79 Å². The van der Waals surface area contributed by atoms with Crippen molar-refractivity contribution < 1.29 is 9.53 Å². The highest BCUT2D eigenvalue weighted by molar-refractivity contribution is 14.1. The summed E-state index contributed by atoms with van der Waals surface area (Å²) in [6.45, 7) is 3.35. The van der Waals surface area contributed by atoms with Crippen molar-refractivity contribution in [3.63, 3.8) is 0 Å². The van der Waals surface area contributed by atoms with Crippen LogP contribution in [0.3, 0.4) is 0 Å². The van der Waals surface area contributed by atoms with Gasteiger partial charge < -0.3 is 15.0 Å². The fourth-order valence-electron chi connectivity index (χ4n) is 1.76. The lowest BCUT2D eigenvalue weighted by atomic mass is 10.3. The van der Waals surface area contributed by atoms with Crippen LogP contribution < -0.4 is 10.1 Å². The average molecular weight is 462 g/mol. The third-order valence-corrected chi connectivity index (χ3v) is 3.75. The standard InChI is InChI=1S/C12H14BrIN2O2.ClH/c13-9-5-10(14)7-11(6-9)18-8-12(17)16-3-1-15-2-4-16;/h5-7,15H,1-4,8H2;1H. The highest BCUT2D eigenvalue weighted by atomic mass is 127. The zero-order valence-electron chi connectivity index (χ0n) is 10.2. The maximum atomic E-state index is 11.9. The molecule has 4 nitrogen and oxygen atoms in total. The lowest BCUT2D eigenvalue weighted by Crippen LogP contribution is -2.47. The normalized spacial score (nSPS) is 14.7. The fourth-order valence-corrected chi connectivity index (χ4v) is 3.31. The van der Waals surface area contributed by atoms with Crippen molar-refractivity contribution in [2.75, 3.05) is 32.8 Å². The lowest BCUT2D eigenvalue weighted by Gasteiger charge is -2.27. The predicted octanol–water partition coefficient (Wildman–Crippen LogP) is 2.29. The van der Waals surface area contributed by atoms with Crippen LogP contribution in [0.4, 0.5) is 0 Å². The molecule has 1 aromatic carbocycles. The molecule has 1 fully saturated rings. The minimum atomic E-state index is 0. The number of nitrogens with one attached hydrogen (secondary N) is 1. The molecule has 0 atom stereocenters. The van der Waals surface area contributed by atoms with Crippen LogP contribution in [0.5, 0.6) is 5.75 Å². The van der Waals surface area contributed by atoms with Crippen molar-refractivity contribution in [3.8, 4) is 5.75 Å². The Morgan fingerprint density at radius 2 is 2.05 bits per heavy atom. The zero-order chi connectivity index (χ0) is 13.0. The Morgan fingerprint density at radius 1 is 1.37 bits per heavy atom. The molecule has 0 aromatic heterocycles. The predicted molar refractivity (Wildman–Crippen MR) is 89.1 cm³/mol. The van der Waals surface area contributed by atoms with Gasteiger partial charge in [0, 0.05) is 34.2 Å². The molecule has 1 saturated heterocycles. The number of benzene rings is 1. The second-order valence-electron chi connectivity index (χ2n) is 4.02. The highest BCUT2D eigenvalue weighted by Crippen LogP contribution is 2.22. The van der Waals surface area contributed by atoms with Crippen molar-refractivity contribution >= 4 is 56.8 Å². The molecule has 7 heteroatoms. The van der Waals surface area contributed by atoms with E-state index in [-0.39, 0.29) is 24.9 Å². The van der Waals surface area contributed by atoms with E-state index in [2.05, 4.69) is 43.8 Å². The molecule has 0 aliphatic carbocycles. The smallest absolute Gasteiger partial charge is 0.260 e. The Balaban J connectivity index is 0.00000180. The summed E-state index contributed by atoms with van der Waals surface area (Å²) in [4.78, 5) is 13.7. The van der Waals surface area contributed by atoms with E-state index in [9.17, 15) is 4.79 Å². The maximum absolute atomic E-state index is 11.9. The van der Waals surface area contributed by atoms with E-state index in [1.807, 2.05) is 23.1 Å². The van der Waals surface area contributed by atoms with Gasteiger partial charge >= 0.3 is 0 Å². The van der Waals surface area contributed by atoms with E-state index >= 15 is 0 Å². The number of halogens is 3. The summed E-state index contributed by atoms with van der Waals surface area (Å²) >= 11 is 5.63. The molecule has 1 aromatic rings. The number of hydrogen-bond acceptors (Lipinski definition) is 3. The molecule has 0 spiro atoms. The topological polar surface area (TPSA) is 41.6 Å². The number of nitrogens with zero attached hydrogens (tertiary/aromatic N) is 1. The SMILES string of the molecule is Cl.O=C(COc1cc(Br)cc(I)c1)N1CCNCC1. The largest absolute Gasteiger partial charge is 0.484 e. The van der Waals surface area contributed by atoms with Gasteiger partial charge in [-0.25, -0.2) is 0 Å². The van der Waals surface area contributed by atoms with Crippen LogP contribution in [0.25, 0.3) is 0 Å². The molecule has 1 aliphatic rings. The van der Waals surface area contributed by atoms with Crippen LogP contribution in [-0.2, 0) is 4.79 Å². The Labute approximate surface area is 140 Å². The molecule has 1 heterocycles. The first-order valence-corrected chi connectivity index (χ1v) is 7.60. The van der Waals surface area contributed by atoms with Gasteiger partial charge in [0.05, 0.1) is 0 Å². The Morgan fingerprint density at radius 3 is 2.68 bits per heavy atom. The van der Waals surface area contributed by atoms with Gasteiger partial charge in [-0.2, -0.15) is 0 Å². The summed E-state index contributed by atoms with van der Waals surface area (Å²) in [6, 6.07) is 5.77. The van der Waals surface area contributed by atoms with Crippen LogP contribution in [-0.4, -0.2) is 43.6 Å². The maximum Gasteiger partial charge on any atom is 0.260 e. The molecule has 1 amide bonds. The summed E-state index contributed by atoms with van der Waals surface area (Å²) in [5.74, 6) is 0.767. The molecular formula is C12H15BrClIN2O2. The first-order valence-electron chi connectivity index (χ1n) is 5.72. The molecule has 1 aliphatic heterocycles. The quantitative estimate of drug-likeness (QED) is 0.703. The van der Waals surface area contributed by atoms with Crippen LogP contribution >= 0.6 is 50.9 Å². The molecule has 2 rings (SSSR count). The van der Waals surface area contributed by atoms with E-state index in [4.69, 9.17) is 4.74 Å². The number of carbonyl (C=O) groups excluding carboxylic acids is 1. The number of rotatable bonds is 3. The fraction of sp³-hybridized carbons (Fsp3) is 0.417. The highest BCUT2D eigenvalue weighted by Gasteiger charge is 2.16. The molecular weight excluding hydrogens is 446 g/mol. The monoisotopic (exact) mass is 460 g/mol. The van der Waals surface area contributed by atoms with E-state index in [0.717, 1.165) is 40.0 Å². The summed E-state index contributed by atoms with van der Waals surface area (Å²) in [5.41, 5.74) is 0. The minimum absolute atomic E-state index is 0. The number of piperazine rings is 1. The van der Waals surface area contributed by atoms with Crippen molar-refractivity contribution in [3.05, 3.63) is 26.2 Å². The summed E-state index contributed by atoms with van der Waals surface area (Å²) in [7, 11) is 0. The second kappa shape index (κ2) is 8.28. The van der Waals surface area contributed by atoms with Gasteiger partial charge in [-0.05, 0) is 40.8 Å². The molecule has 1 N–H and O–H groups in total. The third kappa shape index (κ3) is 5.45. The van der Waals surface area contributed by atoms with Crippen molar-refractivity contribution in [2.24, 2.45) is 0 Å². The minimum Gasteiger partial charge on any atom is -0.484 e. The number of ether oxygens (including phenoxy) is 1. The van der Waals surface area contributed by atoms with Gasteiger partial charge in [0.2, 0.25) is 0 Å². The Hall–Kier alpha value is -0.0500. The van der Waals surface area contributed by atoms with Crippen LogP contribution in [0.1, 0.15) is 0 Å².